The van der Waals surface area contributed by atoms with Gasteiger partial charge in [0.2, 0.25) is 10.0 Å². The van der Waals surface area contributed by atoms with Gasteiger partial charge < -0.3 is 15.0 Å². The van der Waals surface area contributed by atoms with Crippen molar-refractivity contribution in [2.45, 2.75) is 18.0 Å². The second-order valence-corrected chi connectivity index (χ2v) is 8.40. The number of hydrogen-bond acceptors (Lipinski definition) is 5. The van der Waals surface area contributed by atoms with Crippen molar-refractivity contribution in [3.63, 3.8) is 0 Å². The van der Waals surface area contributed by atoms with E-state index in [-0.39, 0.29) is 4.90 Å². The number of thiocarbonyl (C=S) groups is 1. The molecule has 0 radical (unpaired) electrons. The Morgan fingerprint density at radius 3 is 2.40 bits per heavy atom. The second-order valence-electron chi connectivity index (χ2n) is 6.45. The maximum Gasteiger partial charge on any atom is 0.238 e. The maximum absolute atomic E-state index is 11.6. The Balaban J connectivity index is 1.88. The molecule has 3 aromatic rings. The van der Waals surface area contributed by atoms with E-state index in [0.717, 1.165) is 22.6 Å². The van der Waals surface area contributed by atoms with Crippen LogP contribution < -0.4 is 20.1 Å². The lowest BCUT2D eigenvalue weighted by atomic mass is 10.1. The molecule has 3 rings (SSSR count). The number of nitrogens with zero attached hydrogens (tertiary/aromatic N) is 2. The average molecular weight is 443 g/mol. The zero-order valence-corrected chi connectivity index (χ0v) is 18.0. The standard InChI is InChI=1S/C21H22N4O3S2/c1-28-20-5-3-2-4-17(20)15-25(18-6-8-19(9-7-18)30(22,26)27)21(29)24-14-16-10-12-23-13-11-16/h2-13H,14-15H2,1H3,(H,24,29)(H2,22,26,27). The predicted octanol–water partition coefficient (Wildman–Crippen LogP) is 2.82. The summed E-state index contributed by atoms with van der Waals surface area (Å²) >= 11 is 5.66. The van der Waals surface area contributed by atoms with Gasteiger partial charge >= 0.3 is 0 Å². The molecule has 30 heavy (non-hydrogen) atoms. The molecule has 1 heterocycles. The predicted molar refractivity (Wildman–Crippen MR) is 121 cm³/mol. The van der Waals surface area contributed by atoms with E-state index in [9.17, 15) is 8.42 Å². The fourth-order valence-electron chi connectivity index (χ4n) is 2.87. The molecule has 3 N–H and O–H groups in total. The van der Waals surface area contributed by atoms with Gasteiger partial charge in [0, 0.05) is 30.2 Å². The summed E-state index contributed by atoms with van der Waals surface area (Å²) in [7, 11) is -2.16. The minimum atomic E-state index is -3.77. The molecule has 0 bridgehead atoms. The van der Waals surface area contributed by atoms with Crippen LogP contribution in [0, 0.1) is 0 Å². The van der Waals surface area contributed by atoms with Crippen molar-refractivity contribution in [1.82, 2.24) is 10.3 Å². The first-order valence-electron chi connectivity index (χ1n) is 9.07. The Bertz CT molecular complexity index is 1100. The molecule has 0 spiro atoms. The second kappa shape index (κ2) is 9.66. The molecular weight excluding hydrogens is 420 g/mol. The van der Waals surface area contributed by atoms with Crippen LogP contribution in [0.1, 0.15) is 11.1 Å². The topological polar surface area (TPSA) is 97.5 Å². The summed E-state index contributed by atoms with van der Waals surface area (Å²) in [6.07, 6.45) is 3.44. The molecule has 0 saturated heterocycles. The lowest BCUT2D eigenvalue weighted by Gasteiger charge is -2.27. The zero-order valence-electron chi connectivity index (χ0n) is 16.4. The molecule has 0 atom stereocenters. The van der Waals surface area contributed by atoms with Crippen LogP contribution in [-0.4, -0.2) is 25.6 Å². The van der Waals surface area contributed by atoms with Gasteiger partial charge in [0.15, 0.2) is 5.11 Å². The smallest absolute Gasteiger partial charge is 0.238 e. The van der Waals surface area contributed by atoms with E-state index in [2.05, 4.69) is 10.3 Å². The molecule has 156 valence electrons. The van der Waals surface area contributed by atoms with Gasteiger partial charge in [0.1, 0.15) is 5.75 Å². The van der Waals surface area contributed by atoms with Gasteiger partial charge in [-0.3, -0.25) is 4.98 Å². The molecule has 1 aromatic heterocycles. The molecule has 0 aliphatic rings. The lowest BCUT2D eigenvalue weighted by Crippen LogP contribution is -2.39. The van der Waals surface area contributed by atoms with Crippen molar-refractivity contribution in [2.24, 2.45) is 5.14 Å². The van der Waals surface area contributed by atoms with E-state index < -0.39 is 10.0 Å². The van der Waals surface area contributed by atoms with Crippen molar-refractivity contribution >= 4 is 33.0 Å². The number of hydrogen-bond donors (Lipinski definition) is 2. The van der Waals surface area contributed by atoms with Crippen LogP contribution in [0.2, 0.25) is 0 Å². The highest BCUT2D eigenvalue weighted by Gasteiger charge is 2.16. The summed E-state index contributed by atoms with van der Waals surface area (Å²) in [6.45, 7) is 0.958. The Hall–Kier alpha value is -3.01. The Kier molecular flexibility index (Phi) is 6.99. The zero-order chi connectivity index (χ0) is 21.6. The van der Waals surface area contributed by atoms with Gasteiger partial charge in [0.05, 0.1) is 18.6 Å². The van der Waals surface area contributed by atoms with Crippen LogP contribution in [-0.2, 0) is 23.1 Å². The van der Waals surface area contributed by atoms with Crippen LogP contribution in [0.25, 0.3) is 0 Å². The summed E-state index contributed by atoms with van der Waals surface area (Å²) in [5.74, 6) is 0.737. The molecule has 0 amide bonds. The summed E-state index contributed by atoms with van der Waals surface area (Å²) in [4.78, 5) is 5.93. The molecule has 7 nitrogen and oxygen atoms in total. The van der Waals surface area contributed by atoms with Crippen LogP contribution in [0.3, 0.4) is 0 Å². The number of nitrogens with two attached hydrogens (primary N) is 1. The molecule has 0 fully saturated rings. The van der Waals surface area contributed by atoms with Crippen LogP contribution in [0.5, 0.6) is 5.75 Å². The first kappa shape index (κ1) is 21.7. The normalized spacial score (nSPS) is 11.0. The molecule has 0 aliphatic heterocycles. The van der Waals surface area contributed by atoms with Gasteiger partial charge in [0.25, 0.3) is 0 Å². The van der Waals surface area contributed by atoms with Crippen LogP contribution in [0.4, 0.5) is 5.69 Å². The Morgan fingerprint density at radius 1 is 1.10 bits per heavy atom. The van der Waals surface area contributed by atoms with Gasteiger partial charge in [-0.2, -0.15) is 0 Å². The number of rotatable bonds is 7. The number of benzene rings is 2. The van der Waals surface area contributed by atoms with E-state index in [4.69, 9.17) is 22.1 Å². The van der Waals surface area contributed by atoms with Crippen LogP contribution in [0.15, 0.2) is 78.0 Å². The molecule has 2 aromatic carbocycles. The molecule has 0 aliphatic carbocycles. The van der Waals surface area contributed by atoms with E-state index in [1.165, 1.54) is 12.1 Å². The van der Waals surface area contributed by atoms with Gasteiger partial charge in [-0.25, -0.2) is 13.6 Å². The highest BCUT2D eigenvalue weighted by Crippen LogP contribution is 2.24. The Labute approximate surface area is 181 Å². The number of primary sulfonamides is 1. The highest BCUT2D eigenvalue weighted by atomic mass is 32.2. The summed E-state index contributed by atoms with van der Waals surface area (Å²) in [5.41, 5.74) is 2.69. The summed E-state index contributed by atoms with van der Waals surface area (Å²) < 4.78 is 28.6. The summed E-state index contributed by atoms with van der Waals surface area (Å²) in [5, 5.41) is 8.95. The highest BCUT2D eigenvalue weighted by molar-refractivity contribution is 7.89. The van der Waals surface area contributed by atoms with E-state index in [1.54, 1.807) is 31.6 Å². The third-order valence-corrected chi connectivity index (χ3v) is 5.73. The van der Waals surface area contributed by atoms with Crippen molar-refractivity contribution in [3.8, 4) is 5.75 Å². The molecule has 9 heteroatoms. The van der Waals surface area contributed by atoms with E-state index in [0.29, 0.717) is 18.2 Å². The minimum absolute atomic E-state index is 0.0409. The quantitative estimate of drug-likeness (QED) is 0.543. The van der Waals surface area contributed by atoms with E-state index >= 15 is 0 Å². The van der Waals surface area contributed by atoms with Crippen molar-refractivity contribution in [2.75, 3.05) is 12.0 Å². The Morgan fingerprint density at radius 2 is 1.77 bits per heavy atom. The largest absolute Gasteiger partial charge is 0.496 e. The number of methoxy groups -OCH3 is 1. The average Bonchev–Trinajstić information content (AvgIpc) is 2.76. The monoisotopic (exact) mass is 442 g/mol. The third-order valence-electron chi connectivity index (χ3n) is 4.44. The number of pyridine rings is 1. The molecule has 0 saturated carbocycles. The van der Waals surface area contributed by atoms with Crippen molar-refractivity contribution < 1.29 is 13.2 Å². The van der Waals surface area contributed by atoms with Crippen molar-refractivity contribution in [3.05, 3.63) is 84.2 Å². The number of ether oxygens (including phenoxy) is 1. The number of anilines is 1. The lowest BCUT2D eigenvalue weighted by molar-refractivity contribution is 0.410. The number of aromatic nitrogens is 1. The van der Waals surface area contributed by atoms with Gasteiger partial charge in [-0.05, 0) is 60.2 Å². The SMILES string of the molecule is COc1ccccc1CN(C(=S)NCc1ccncc1)c1ccc(S(N)(=O)=O)cc1. The van der Waals surface area contributed by atoms with Gasteiger partial charge in [-0.15, -0.1) is 0 Å². The van der Waals surface area contributed by atoms with Crippen molar-refractivity contribution in [1.29, 1.82) is 0 Å². The minimum Gasteiger partial charge on any atom is -0.496 e. The van der Waals surface area contributed by atoms with Crippen LogP contribution >= 0.6 is 12.2 Å². The van der Waals surface area contributed by atoms with Gasteiger partial charge in [-0.1, -0.05) is 18.2 Å². The fraction of sp³-hybridized carbons (Fsp3) is 0.143. The van der Waals surface area contributed by atoms with E-state index in [1.807, 2.05) is 41.3 Å². The fourth-order valence-corrected chi connectivity index (χ4v) is 3.63. The third kappa shape index (κ3) is 5.53. The number of sulfonamides is 1. The number of nitrogens with one attached hydrogen (secondary N) is 1. The first-order chi connectivity index (χ1) is 14.4. The number of para-hydroxylation sites is 1. The summed E-state index contributed by atoms with van der Waals surface area (Å²) in [6, 6.07) is 17.7. The maximum atomic E-state index is 11.6. The molecular formula is C21H22N4O3S2. The first-order valence-corrected chi connectivity index (χ1v) is 11.0. The molecule has 0 unspecified atom stereocenters.